The summed E-state index contributed by atoms with van der Waals surface area (Å²) in [6, 6.07) is 2.89. The number of hydrogen-bond donors (Lipinski definition) is 2. The van der Waals surface area contributed by atoms with Crippen LogP contribution < -0.4 is 11.1 Å². The van der Waals surface area contributed by atoms with Crippen LogP contribution in [0.3, 0.4) is 0 Å². The quantitative estimate of drug-likeness (QED) is 0.888. The molecule has 2 heterocycles. The van der Waals surface area contributed by atoms with Crippen molar-refractivity contribution in [1.82, 2.24) is 9.88 Å². The molecule has 0 aliphatic carbocycles. The Kier molecular flexibility index (Phi) is 4.95. The van der Waals surface area contributed by atoms with Crippen molar-refractivity contribution in [3.05, 3.63) is 18.3 Å². The second kappa shape index (κ2) is 6.56. The summed E-state index contributed by atoms with van der Waals surface area (Å²) < 4.78 is 0. The van der Waals surface area contributed by atoms with E-state index < -0.39 is 6.04 Å². The van der Waals surface area contributed by atoms with Crippen LogP contribution in [0.25, 0.3) is 0 Å². The molecule has 1 aromatic heterocycles. The molecule has 1 aliphatic rings. The number of carbonyl (C=O) groups is 2. The number of carbonyl (C=O) groups excluding carboxylic acids is 2. The van der Waals surface area contributed by atoms with Crippen molar-refractivity contribution in [2.45, 2.75) is 33.2 Å². The second-order valence-electron chi connectivity index (χ2n) is 6.58. The number of nitrogens with one attached hydrogen (secondary N) is 1. The molecule has 0 bridgehead atoms. The first-order valence-corrected chi connectivity index (χ1v) is 8.31. The average Bonchev–Trinajstić information content (AvgIpc) is 2.89. The van der Waals surface area contributed by atoms with Crippen molar-refractivity contribution in [3.63, 3.8) is 0 Å². The average molecular weight is 322 g/mol. The van der Waals surface area contributed by atoms with E-state index in [1.165, 1.54) is 6.20 Å². The molecular weight excluding hydrogens is 300 g/mol. The van der Waals surface area contributed by atoms with E-state index in [0.29, 0.717) is 29.6 Å². The molecule has 1 aromatic rings. The molecule has 2 rings (SSSR count). The zero-order valence-corrected chi connectivity index (χ0v) is 13.9. The second-order valence-corrected chi connectivity index (χ2v) is 7.58. The largest absolute Gasteiger partial charge is 0.384 e. The highest BCUT2D eigenvalue weighted by molar-refractivity contribution is 7.99. The lowest BCUT2D eigenvalue weighted by Crippen LogP contribution is -2.45. The van der Waals surface area contributed by atoms with Crippen molar-refractivity contribution in [2.75, 3.05) is 22.7 Å². The lowest BCUT2D eigenvalue weighted by atomic mass is 9.91. The van der Waals surface area contributed by atoms with Gasteiger partial charge in [0.25, 0.3) is 0 Å². The molecule has 0 radical (unpaired) electrons. The summed E-state index contributed by atoms with van der Waals surface area (Å²) in [5.74, 6) is 1.42. The number of nitrogen functional groups attached to an aromatic ring is 1. The van der Waals surface area contributed by atoms with E-state index in [4.69, 9.17) is 5.73 Å². The van der Waals surface area contributed by atoms with Crippen molar-refractivity contribution in [3.8, 4) is 0 Å². The molecule has 7 heteroatoms. The normalized spacial score (nSPS) is 18.3. The molecule has 0 spiro atoms. The molecule has 1 saturated heterocycles. The Morgan fingerprint density at radius 1 is 1.45 bits per heavy atom. The zero-order valence-electron chi connectivity index (χ0n) is 13.1. The van der Waals surface area contributed by atoms with E-state index >= 15 is 0 Å². The molecular formula is C15H22N4O2S. The highest BCUT2D eigenvalue weighted by atomic mass is 32.2. The number of thioether (sulfide) groups is 1. The highest BCUT2D eigenvalue weighted by Gasteiger charge is 2.35. The van der Waals surface area contributed by atoms with Crippen LogP contribution in [-0.4, -0.2) is 39.4 Å². The van der Waals surface area contributed by atoms with E-state index in [0.717, 1.165) is 0 Å². The minimum atomic E-state index is -0.433. The third-order valence-corrected chi connectivity index (χ3v) is 4.25. The fraction of sp³-hybridized carbons (Fsp3) is 0.533. The summed E-state index contributed by atoms with van der Waals surface area (Å²) in [6.07, 6.45) is 1.94. The highest BCUT2D eigenvalue weighted by Crippen LogP contribution is 2.27. The molecule has 0 saturated carbocycles. The van der Waals surface area contributed by atoms with E-state index in [-0.39, 0.29) is 17.2 Å². The fourth-order valence-electron chi connectivity index (χ4n) is 2.17. The van der Waals surface area contributed by atoms with Crippen molar-refractivity contribution in [2.24, 2.45) is 5.41 Å². The minimum absolute atomic E-state index is 0.0214. The van der Waals surface area contributed by atoms with Gasteiger partial charge in [0, 0.05) is 12.2 Å². The molecule has 1 unspecified atom stereocenters. The maximum absolute atomic E-state index is 12.4. The standard InChI is InChI=1S/C15H22N4O2S/c1-15(2,3)6-13(20)19-9-22-8-11(19)14(21)18-10-4-5-12(16)17-7-10/h4-5,7,11H,6,8-9H2,1-3H3,(H2,16,17)(H,18,21). The van der Waals surface area contributed by atoms with Crippen LogP contribution in [0.2, 0.25) is 0 Å². The van der Waals surface area contributed by atoms with Crippen LogP contribution in [0, 0.1) is 5.41 Å². The van der Waals surface area contributed by atoms with Crippen molar-refractivity contribution < 1.29 is 9.59 Å². The van der Waals surface area contributed by atoms with Gasteiger partial charge < -0.3 is 16.0 Å². The Morgan fingerprint density at radius 2 is 2.18 bits per heavy atom. The zero-order chi connectivity index (χ0) is 16.3. The number of hydrogen-bond acceptors (Lipinski definition) is 5. The van der Waals surface area contributed by atoms with Gasteiger partial charge in [0.2, 0.25) is 11.8 Å². The molecule has 1 fully saturated rings. The number of nitrogens with zero attached hydrogens (tertiary/aromatic N) is 2. The van der Waals surface area contributed by atoms with E-state index in [2.05, 4.69) is 10.3 Å². The number of amides is 2. The molecule has 3 N–H and O–H groups in total. The predicted octanol–water partition coefficient (Wildman–Crippen LogP) is 1.94. The van der Waals surface area contributed by atoms with Gasteiger partial charge in [-0.1, -0.05) is 20.8 Å². The topological polar surface area (TPSA) is 88.3 Å². The van der Waals surface area contributed by atoms with Gasteiger partial charge in [0.1, 0.15) is 11.9 Å². The van der Waals surface area contributed by atoms with Gasteiger partial charge in [-0.05, 0) is 17.5 Å². The van der Waals surface area contributed by atoms with Gasteiger partial charge in [0.05, 0.1) is 17.8 Å². The van der Waals surface area contributed by atoms with Crippen molar-refractivity contribution in [1.29, 1.82) is 0 Å². The van der Waals surface area contributed by atoms with Crippen LogP contribution in [0.5, 0.6) is 0 Å². The number of pyridine rings is 1. The van der Waals surface area contributed by atoms with Crippen LogP contribution in [0.15, 0.2) is 18.3 Å². The Morgan fingerprint density at radius 3 is 2.77 bits per heavy atom. The summed E-state index contributed by atoms with van der Waals surface area (Å²) in [4.78, 5) is 30.4. The van der Waals surface area contributed by atoms with Crippen LogP contribution in [0.1, 0.15) is 27.2 Å². The van der Waals surface area contributed by atoms with Gasteiger partial charge in [-0.25, -0.2) is 4.98 Å². The van der Waals surface area contributed by atoms with Crippen LogP contribution >= 0.6 is 11.8 Å². The molecule has 6 nitrogen and oxygen atoms in total. The molecule has 1 aliphatic heterocycles. The predicted molar refractivity (Wildman–Crippen MR) is 89.3 cm³/mol. The number of nitrogens with two attached hydrogens (primary N) is 1. The van der Waals surface area contributed by atoms with E-state index in [1.807, 2.05) is 20.8 Å². The number of aromatic nitrogens is 1. The van der Waals surface area contributed by atoms with E-state index in [1.54, 1.807) is 28.8 Å². The molecule has 1 atom stereocenters. The maximum atomic E-state index is 12.4. The van der Waals surface area contributed by atoms with Gasteiger partial charge in [-0.3, -0.25) is 9.59 Å². The van der Waals surface area contributed by atoms with Crippen LogP contribution in [-0.2, 0) is 9.59 Å². The van der Waals surface area contributed by atoms with Crippen molar-refractivity contribution >= 4 is 35.1 Å². The lowest BCUT2D eigenvalue weighted by Gasteiger charge is -2.26. The third kappa shape index (κ3) is 4.37. The summed E-state index contributed by atoms with van der Waals surface area (Å²) in [5, 5.41) is 2.79. The molecule has 0 aromatic carbocycles. The fourth-order valence-corrected chi connectivity index (χ4v) is 3.35. The summed E-state index contributed by atoms with van der Waals surface area (Å²) in [7, 11) is 0. The first-order valence-electron chi connectivity index (χ1n) is 7.16. The SMILES string of the molecule is CC(C)(C)CC(=O)N1CSCC1C(=O)Nc1ccc(N)nc1. The van der Waals surface area contributed by atoms with Gasteiger partial charge in [-0.2, -0.15) is 0 Å². The molecule has 22 heavy (non-hydrogen) atoms. The third-order valence-electron chi connectivity index (χ3n) is 3.24. The summed E-state index contributed by atoms with van der Waals surface area (Å²) in [5.41, 5.74) is 6.01. The Labute approximate surface area is 134 Å². The monoisotopic (exact) mass is 322 g/mol. The van der Waals surface area contributed by atoms with E-state index in [9.17, 15) is 9.59 Å². The Hall–Kier alpha value is -1.76. The van der Waals surface area contributed by atoms with Gasteiger partial charge >= 0.3 is 0 Å². The minimum Gasteiger partial charge on any atom is -0.384 e. The first-order chi connectivity index (χ1) is 10.3. The maximum Gasteiger partial charge on any atom is 0.248 e. The lowest BCUT2D eigenvalue weighted by molar-refractivity contribution is -0.137. The molecule has 2 amide bonds. The summed E-state index contributed by atoms with van der Waals surface area (Å²) >= 11 is 1.59. The first kappa shape index (κ1) is 16.6. The Balaban J connectivity index is 2.01. The number of rotatable bonds is 3. The summed E-state index contributed by atoms with van der Waals surface area (Å²) in [6.45, 7) is 6.05. The number of anilines is 2. The van der Waals surface area contributed by atoms with Crippen LogP contribution in [0.4, 0.5) is 11.5 Å². The van der Waals surface area contributed by atoms with Gasteiger partial charge in [0.15, 0.2) is 0 Å². The smallest absolute Gasteiger partial charge is 0.248 e. The molecule has 120 valence electrons. The Bertz CT molecular complexity index is 554. The van der Waals surface area contributed by atoms with Gasteiger partial charge in [-0.15, -0.1) is 11.8 Å².